The van der Waals surface area contributed by atoms with E-state index in [1.165, 1.54) is 0 Å². The second kappa shape index (κ2) is 8.28. The van der Waals surface area contributed by atoms with Crippen LogP contribution < -0.4 is 5.46 Å². The number of aromatic hydroxyl groups is 1. The van der Waals surface area contributed by atoms with E-state index in [4.69, 9.17) is 5.11 Å². The van der Waals surface area contributed by atoms with Crippen molar-refractivity contribution in [3.63, 3.8) is 0 Å². The molecule has 0 fully saturated rings. The van der Waals surface area contributed by atoms with E-state index < -0.39 is 51.5 Å². The lowest BCUT2D eigenvalue weighted by atomic mass is 9.79. The van der Waals surface area contributed by atoms with Crippen LogP contribution in [0.15, 0.2) is 24.3 Å². The van der Waals surface area contributed by atoms with E-state index >= 15 is 0 Å². The lowest BCUT2D eigenvalue weighted by molar-refractivity contribution is 0.377. The quantitative estimate of drug-likeness (QED) is 0.267. The number of phenols is 1. The number of hydrogen-bond donors (Lipinski definition) is 1. The average molecular weight is 420 g/mol. The third kappa shape index (κ3) is 6.23. The standard InChI is InChI=1S/C9H12O2S.C6BF8/c1-12(2,11)7-8-3-5-9(10)6-4-8;8-2-1(7(13,14)15)3(9)5(11)6(12)4(2)10/h3-6H,7H2,1-2H3;/q;-1/p+1. The summed E-state index contributed by atoms with van der Waals surface area (Å²) in [5.41, 5.74) is -1.73. The fourth-order valence-electron chi connectivity index (χ4n) is 1.90. The molecule has 0 atom stereocenters. The highest BCUT2D eigenvalue weighted by molar-refractivity contribution is 8.00. The SMILES string of the molecule is C[S+](C)(=O)Cc1ccc(O)cc1.Fc1c(F)c(F)c([B-](F)(F)F)c(F)c1F. The van der Waals surface area contributed by atoms with Crippen LogP contribution in [-0.2, 0) is 19.9 Å². The molecule has 1 N–H and O–H groups in total. The van der Waals surface area contributed by atoms with Gasteiger partial charge in [0.05, 0.1) is 9.93 Å². The summed E-state index contributed by atoms with van der Waals surface area (Å²) in [6.07, 6.45) is 3.47. The maximum absolute atomic E-state index is 12.5. The van der Waals surface area contributed by atoms with Crippen LogP contribution in [0.5, 0.6) is 5.75 Å². The van der Waals surface area contributed by atoms with Crippen LogP contribution in [0.1, 0.15) is 5.56 Å². The van der Waals surface area contributed by atoms with Gasteiger partial charge >= 0.3 is 6.98 Å². The Hall–Kier alpha value is -2.11. The van der Waals surface area contributed by atoms with Crippen LogP contribution >= 0.6 is 0 Å². The van der Waals surface area contributed by atoms with E-state index in [2.05, 4.69) is 0 Å². The molecule has 0 heterocycles. The summed E-state index contributed by atoms with van der Waals surface area (Å²) < 4.78 is 109. The van der Waals surface area contributed by atoms with Gasteiger partial charge in [0, 0.05) is 5.56 Å². The van der Waals surface area contributed by atoms with Gasteiger partial charge in [0.2, 0.25) is 0 Å². The molecule has 0 aromatic heterocycles. The number of hydrogen-bond acceptors (Lipinski definition) is 2. The predicted octanol–water partition coefficient (Wildman–Crippen LogP) is 4.09. The fourth-order valence-corrected chi connectivity index (χ4v) is 2.90. The van der Waals surface area contributed by atoms with Gasteiger partial charge in [-0.2, -0.15) is 0 Å². The summed E-state index contributed by atoms with van der Waals surface area (Å²) in [4.78, 5) is 0. The summed E-state index contributed by atoms with van der Waals surface area (Å²) in [5.74, 6) is -12.7. The minimum absolute atomic E-state index is 0.248. The van der Waals surface area contributed by atoms with Crippen molar-refractivity contribution in [2.45, 2.75) is 5.75 Å². The van der Waals surface area contributed by atoms with Gasteiger partial charge in [0.1, 0.15) is 35.6 Å². The number of benzene rings is 2. The second-order valence-electron chi connectivity index (χ2n) is 5.81. The van der Waals surface area contributed by atoms with E-state index in [-0.39, 0.29) is 5.75 Å². The highest BCUT2D eigenvalue weighted by Crippen LogP contribution is 2.21. The molecule has 0 spiro atoms. The van der Waals surface area contributed by atoms with Gasteiger partial charge in [-0.05, 0) is 17.6 Å². The summed E-state index contributed by atoms with van der Waals surface area (Å²) in [6, 6.07) is 6.81. The first-order valence-electron chi connectivity index (χ1n) is 7.06. The number of phenolic OH excluding ortho intramolecular Hbond substituents is 1. The first kappa shape index (κ1) is 22.9. The Morgan fingerprint density at radius 2 is 1.19 bits per heavy atom. The van der Waals surface area contributed by atoms with E-state index in [1.54, 1.807) is 36.8 Å². The van der Waals surface area contributed by atoms with Crippen LogP contribution in [0.3, 0.4) is 0 Å². The largest absolute Gasteiger partial charge is 0.515 e. The molecule has 2 rings (SSSR count). The molecule has 0 bridgehead atoms. The Morgan fingerprint density at radius 1 is 0.815 bits per heavy atom. The summed E-state index contributed by atoms with van der Waals surface area (Å²) in [5, 5.41) is 8.98. The topological polar surface area (TPSA) is 37.3 Å². The van der Waals surface area contributed by atoms with Crippen molar-refractivity contribution in [1.29, 1.82) is 0 Å². The Morgan fingerprint density at radius 3 is 1.52 bits per heavy atom. The van der Waals surface area contributed by atoms with E-state index in [1.807, 2.05) is 0 Å². The Kier molecular flexibility index (Phi) is 7.03. The molecule has 0 unspecified atom stereocenters. The monoisotopic (exact) mass is 420 g/mol. The normalized spacial score (nSPS) is 11.8. The first-order chi connectivity index (χ1) is 12.1. The van der Waals surface area contributed by atoms with Crippen molar-refractivity contribution < 1.29 is 44.2 Å². The van der Waals surface area contributed by atoms with Gasteiger partial charge in [0.25, 0.3) is 0 Å². The molecule has 0 aliphatic heterocycles. The molecule has 0 saturated heterocycles. The minimum atomic E-state index is -6.30. The second-order valence-corrected chi connectivity index (χ2v) is 8.97. The van der Waals surface area contributed by atoms with E-state index in [9.17, 15) is 39.1 Å². The number of halogens is 8. The smallest absolute Gasteiger partial charge is 0.508 e. The summed E-state index contributed by atoms with van der Waals surface area (Å²) >= 11 is 0. The fraction of sp³-hybridized carbons (Fsp3) is 0.200. The lowest BCUT2D eigenvalue weighted by Gasteiger charge is -2.17. The molecule has 12 heteroatoms. The average Bonchev–Trinajstić information content (AvgIpc) is 2.51. The highest BCUT2D eigenvalue weighted by atomic mass is 32.2. The Balaban J connectivity index is 0.000000277. The van der Waals surface area contributed by atoms with Gasteiger partial charge in [-0.3, -0.25) is 0 Å². The van der Waals surface area contributed by atoms with Crippen molar-refractivity contribution in [3.8, 4) is 5.75 Å². The minimum Gasteiger partial charge on any atom is -0.508 e. The molecule has 2 nitrogen and oxygen atoms in total. The summed E-state index contributed by atoms with van der Waals surface area (Å²) in [6.45, 7) is -6.30. The van der Waals surface area contributed by atoms with E-state index in [0.29, 0.717) is 5.75 Å². The van der Waals surface area contributed by atoms with Crippen LogP contribution in [0.25, 0.3) is 0 Å². The molecule has 0 amide bonds. The molecule has 2 aromatic rings. The Labute approximate surface area is 150 Å². The van der Waals surface area contributed by atoms with Gasteiger partial charge in [-0.15, -0.1) is 4.21 Å². The third-order valence-corrected chi connectivity index (χ3v) is 4.05. The molecule has 0 saturated carbocycles. The maximum Gasteiger partial charge on any atom is 0.515 e. The molecule has 150 valence electrons. The van der Waals surface area contributed by atoms with Crippen LogP contribution in [0.2, 0.25) is 0 Å². The van der Waals surface area contributed by atoms with Crippen molar-refractivity contribution in [2.24, 2.45) is 0 Å². The zero-order valence-electron chi connectivity index (χ0n) is 13.9. The molecule has 0 radical (unpaired) electrons. The zero-order chi connectivity index (χ0) is 21.2. The van der Waals surface area contributed by atoms with Gasteiger partial charge in [0.15, 0.2) is 17.5 Å². The van der Waals surface area contributed by atoms with Crippen LogP contribution in [-0.4, -0.2) is 24.6 Å². The van der Waals surface area contributed by atoms with Crippen LogP contribution in [0.4, 0.5) is 34.9 Å². The molecule has 0 aliphatic rings. The maximum atomic E-state index is 12.5. The van der Waals surface area contributed by atoms with Crippen molar-refractivity contribution in [1.82, 2.24) is 0 Å². The molecule has 0 aliphatic carbocycles. The molecule has 27 heavy (non-hydrogen) atoms. The molecular weight excluding hydrogens is 407 g/mol. The van der Waals surface area contributed by atoms with Crippen molar-refractivity contribution in [3.05, 3.63) is 58.9 Å². The lowest BCUT2D eigenvalue weighted by Crippen LogP contribution is -2.41. The summed E-state index contributed by atoms with van der Waals surface area (Å²) in [7, 11) is -1.72. The van der Waals surface area contributed by atoms with Crippen molar-refractivity contribution in [2.75, 3.05) is 12.5 Å². The highest BCUT2D eigenvalue weighted by Gasteiger charge is 2.37. The zero-order valence-corrected chi connectivity index (χ0v) is 14.7. The number of rotatable bonds is 3. The van der Waals surface area contributed by atoms with Gasteiger partial charge in [-0.25, -0.2) is 22.0 Å². The van der Waals surface area contributed by atoms with Crippen LogP contribution in [0, 0.1) is 29.1 Å². The Bertz CT molecular complexity index is 833. The first-order valence-corrected chi connectivity index (χ1v) is 9.60. The van der Waals surface area contributed by atoms with Crippen molar-refractivity contribution >= 4 is 22.4 Å². The predicted molar refractivity (Wildman–Crippen MR) is 86.7 cm³/mol. The van der Waals surface area contributed by atoms with E-state index in [0.717, 1.165) is 5.56 Å². The molecule has 2 aromatic carbocycles. The molecular formula is C15H13BF8O2S. The van der Waals surface area contributed by atoms with Gasteiger partial charge < -0.3 is 18.1 Å². The third-order valence-electron chi connectivity index (χ3n) is 3.02. The van der Waals surface area contributed by atoms with Gasteiger partial charge in [-0.1, -0.05) is 12.1 Å².